The molecule has 1 aromatic rings. The zero-order chi connectivity index (χ0) is 14.9. The van der Waals surface area contributed by atoms with Crippen LogP contribution in [0.5, 0.6) is 11.5 Å². The molecule has 0 unspecified atom stereocenters. The molecule has 1 aliphatic carbocycles. The smallest absolute Gasteiger partial charge is 0.161 e. The van der Waals surface area contributed by atoms with E-state index in [1.807, 2.05) is 19.9 Å². The maximum absolute atomic E-state index is 5.69. The fourth-order valence-electron chi connectivity index (χ4n) is 2.95. The molecule has 21 heavy (non-hydrogen) atoms. The quantitative estimate of drug-likeness (QED) is 0.760. The van der Waals surface area contributed by atoms with E-state index in [9.17, 15) is 0 Å². The van der Waals surface area contributed by atoms with Crippen LogP contribution < -0.4 is 14.8 Å². The van der Waals surface area contributed by atoms with Crippen molar-refractivity contribution in [3.05, 3.63) is 23.8 Å². The number of hydrogen-bond acceptors (Lipinski definition) is 3. The molecule has 0 heterocycles. The summed E-state index contributed by atoms with van der Waals surface area (Å²) in [4.78, 5) is 0. The van der Waals surface area contributed by atoms with Crippen molar-refractivity contribution in [3.8, 4) is 11.5 Å². The second kappa shape index (κ2) is 8.93. The Morgan fingerprint density at radius 2 is 1.62 bits per heavy atom. The molecule has 1 fully saturated rings. The highest BCUT2D eigenvalue weighted by Gasteiger charge is 2.12. The Labute approximate surface area is 129 Å². The van der Waals surface area contributed by atoms with Gasteiger partial charge < -0.3 is 14.8 Å². The molecule has 0 spiro atoms. The summed E-state index contributed by atoms with van der Waals surface area (Å²) < 4.78 is 11.3. The van der Waals surface area contributed by atoms with Gasteiger partial charge in [0.25, 0.3) is 0 Å². The van der Waals surface area contributed by atoms with Crippen molar-refractivity contribution >= 4 is 0 Å². The van der Waals surface area contributed by atoms with E-state index in [4.69, 9.17) is 9.47 Å². The van der Waals surface area contributed by atoms with Gasteiger partial charge in [-0.25, -0.2) is 0 Å². The Bertz CT molecular complexity index is 412. The predicted molar refractivity (Wildman–Crippen MR) is 87.1 cm³/mol. The van der Waals surface area contributed by atoms with Crippen molar-refractivity contribution < 1.29 is 9.47 Å². The van der Waals surface area contributed by atoms with Gasteiger partial charge in [-0.15, -0.1) is 0 Å². The van der Waals surface area contributed by atoms with Crippen molar-refractivity contribution in [1.82, 2.24) is 5.32 Å². The van der Waals surface area contributed by atoms with Crippen LogP contribution in [0.2, 0.25) is 0 Å². The van der Waals surface area contributed by atoms with Crippen LogP contribution in [-0.4, -0.2) is 19.3 Å². The molecule has 2 rings (SSSR count). The van der Waals surface area contributed by atoms with E-state index in [1.54, 1.807) is 0 Å². The summed E-state index contributed by atoms with van der Waals surface area (Å²) in [5, 5.41) is 3.70. The van der Waals surface area contributed by atoms with Crippen molar-refractivity contribution in [2.75, 3.05) is 13.2 Å². The largest absolute Gasteiger partial charge is 0.490 e. The zero-order valence-electron chi connectivity index (χ0n) is 13.5. The normalized spacial score (nSPS) is 16.5. The van der Waals surface area contributed by atoms with Crippen molar-refractivity contribution in [3.63, 3.8) is 0 Å². The van der Waals surface area contributed by atoms with Crippen LogP contribution in [0.3, 0.4) is 0 Å². The average Bonchev–Trinajstić information content (AvgIpc) is 2.76. The Morgan fingerprint density at radius 1 is 0.952 bits per heavy atom. The summed E-state index contributed by atoms with van der Waals surface area (Å²) in [6.45, 7) is 6.25. The Morgan fingerprint density at radius 3 is 2.29 bits per heavy atom. The molecule has 3 heteroatoms. The van der Waals surface area contributed by atoms with Crippen LogP contribution >= 0.6 is 0 Å². The molecular formula is C18H29NO2. The number of hydrogen-bond donors (Lipinski definition) is 1. The van der Waals surface area contributed by atoms with Crippen LogP contribution in [0.1, 0.15) is 57.9 Å². The lowest BCUT2D eigenvalue weighted by atomic mass is 10.1. The second-order valence-corrected chi connectivity index (χ2v) is 5.72. The number of benzene rings is 1. The number of ether oxygens (including phenoxy) is 2. The molecule has 3 nitrogen and oxygen atoms in total. The monoisotopic (exact) mass is 291 g/mol. The molecular weight excluding hydrogens is 262 g/mol. The van der Waals surface area contributed by atoms with E-state index in [0.717, 1.165) is 18.0 Å². The van der Waals surface area contributed by atoms with Gasteiger partial charge in [0.2, 0.25) is 0 Å². The van der Waals surface area contributed by atoms with Gasteiger partial charge in [-0.05, 0) is 44.4 Å². The van der Waals surface area contributed by atoms with Crippen LogP contribution in [0.25, 0.3) is 0 Å². The highest BCUT2D eigenvalue weighted by atomic mass is 16.5. The third kappa shape index (κ3) is 5.24. The Hall–Kier alpha value is -1.22. The molecule has 1 saturated carbocycles. The molecule has 0 aliphatic heterocycles. The van der Waals surface area contributed by atoms with E-state index in [2.05, 4.69) is 17.4 Å². The fourth-order valence-corrected chi connectivity index (χ4v) is 2.95. The van der Waals surface area contributed by atoms with Gasteiger partial charge in [-0.2, -0.15) is 0 Å². The summed E-state index contributed by atoms with van der Waals surface area (Å²) >= 11 is 0. The van der Waals surface area contributed by atoms with Crippen LogP contribution in [0, 0.1) is 0 Å². The number of nitrogens with one attached hydrogen (secondary N) is 1. The predicted octanol–water partition coefficient (Wildman–Crippen LogP) is 4.30. The topological polar surface area (TPSA) is 30.5 Å². The lowest BCUT2D eigenvalue weighted by Gasteiger charge is -2.17. The van der Waals surface area contributed by atoms with Gasteiger partial charge in [0.1, 0.15) is 0 Å². The first-order valence-corrected chi connectivity index (χ1v) is 8.45. The molecule has 0 bridgehead atoms. The first-order chi connectivity index (χ1) is 10.3. The molecule has 0 amide bonds. The Balaban J connectivity index is 1.94. The van der Waals surface area contributed by atoms with Gasteiger partial charge in [0.15, 0.2) is 11.5 Å². The first-order valence-electron chi connectivity index (χ1n) is 8.45. The Kier molecular flexibility index (Phi) is 6.87. The SMILES string of the molecule is CCOc1ccc(CNC2CCCCCC2)cc1OCC. The summed E-state index contributed by atoms with van der Waals surface area (Å²) in [6.07, 6.45) is 8.16. The van der Waals surface area contributed by atoms with Crippen LogP contribution in [0.15, 0.2) is 18.2 Å². The minimum absolute atomic E-state index is 0.666. The van der Waals surface area contributed by atoms with E-state index in [-0.39, 0.29) is 0 Å². The van der Waals surface area contributed by atoms with Gasteiger partial charge in [0, 0.05) is 12.6 Å². The minimum atomic E-state index is 0.666. The maximum atomic E-state index is 5.69. The average molecular weight is 291 g/mol. The second-order valence-electron chi connectivity index (χ2n) is 5.72. The zero-order valence-corrected chi connectivity index (χ0v) is 13.5. The van der Waals surface area contributed by atoms with E-state index in [1.165, 1.54) is 44.1 Å². The molecule has 0 radical (unpaired) electrons. The van der Waals surface area contributed by atoms with E-state index < -0.39 is 0 Å². The van der Waals surface area contributed by atoms with Gasteiger partial charge in [0.05, 0.1) is 13.2 Å². The molecule has 0 saturated heterocycles. The van der Waals surface area contributed by atoms with Crippen molar-refractivity contribution in [1.29, 1.82) is 0 Å². The number of rotatable bonds is 7. The standard InChI is InChI=1S/C18H29NO2/c1-3-20-17-12-11-15(13-18(17)21-4-2)14-19-16-9-7-5-6-8-10-16/h11-13,16,19H,3-10,14H2,1-2H3. The van der Waals surface area contributed by atoms with Gasteiger partial charge in [-0.3, -0.25) is 0 Å². The van der Waals surface area contributed by atoms with Crippen molar-refractivity contribution in [2.24, 2.45) is 0 Å². The summed E-state index contributed by atoms with van der Waals surface area (Å²) in [5.74, 6) is 1.71. The highest BCUT2D eigenvalue weighted by Crippen LogP contribution is 2.28. The first kappa shape index (κ1) is 16.2. The van der Waals surface area contributed by atoms with Crippen LogP contribution in [0.4, 0.5) is 0 Å². The minimum Gasteiger partial charge on any atom is -0.490 e. The molecule has 1 aliphatic rings. The third-order valence-corrected chi connectivity index (χ3v) is 4.06. The lowest BCUT2D eigenvalue weighted by molar-refractivity contribution is 0.287. The van der Waals surface area contributed by atoms with E-state index in [0.29, 0.717) is 19.3 Å². The molecule has 0 aromatic heterocycles. The third-order valence-electron chi connectivity index (χ3n) is 4.06. The molecule has 118 valence electrons. The molecule has 0 atom stereocenters. The fraction of sp³-hybridized carbons (Fsp3) is 0.667. The van der Waals surface area contributed by atoms with E-state index >= 15 is 0 Å². The highest BCUT2D eigenvalue weighted by molar-refractivity contribution is 5.43. The summed E-state index contributed by atoms with van der Waals surface area (Å²) in [5.41, 5.74) is 1.27. The molecule has 1 N–H and O–H groups in total. The van der Waals surface area contributed by atoms with Crippen LogP contribution in [-0.2, 0) is 6.54 Å². The lowest BCUT2D eigenvalue weighted by Crippen LogP contribution is -2.27. The maximum Gasteiger partial charge on any atom is 0.161 e. The van der Waals surface area contributed by atoms with Gasteiger partial charge >= 0.3 is 0 Å². The van der Waals surface area contributed by atoms with Crippen molar-refractivity contribution in [2.45, 2.75) is 65.0 Å². The molecule has 1 aromatic carbocycles. The summed E-state index contributed by atoms with van der Waals surface area (Å²) in [6, 6.07) is 6.95. The summed E-state index contributed by atoms with van der Waals surface area (Å²) in [7, 11) is 0. The van der Waals surface area contributed by atoms with Gasteiger partial charge in [-0.1, -0.05) is 31.7 Å².